The molecule has 76 valence electrons. The van der Waals surface area contributed by atoms with Gasteiger partial charge in [0.25, 0.3) is 0 Å². The first-order chi connectivity index (χ1) is 6.65. The second kappa shape index (κ2) is 4.09. The van der Waals surface area contributed by atoms with E-state index in [0.29, 0.717) is 18.5 Å². The summed E-state index contributed by atoms with van der Waals surface area (Å²) in [5, 5.41) is 12.3. The number of rotatable bonds is 3. The number of phenolic OH excluding ortho intramolecular Hbond substituents is 1. The Balaban J connectivity index is 3.49. The molecule has 0 saturated carbocycles. The molecule has 0 heterocycles. The fourth-order valence-electron chi connectivity index (χ4n) is 1.65. The summed E-state index contributed by atoms with van der Waals surface area (Å²) in [6, 6.07) is 1.32. The molecule has 0 aliphatic carbocycles. The number of phenols is 1. The minimum Gasteiger partial charge on any atom is -0.506 e. The number of hydrogen-bond acceptors (Lipinski definition) is 4. The second-order valence-corrected chi connectivity index (χ2v) is 3.08. The number of nitrogens with two attached hydrogens (primary N) is 1. The van der Waals surface area contributed by atoms with E-state index in [4.69, 9.17) is 5.73 Å². The molecule has 3 N–H and O–H groups in total. The van der Waals surface area contributed by atoms with Crippen LogP contribution < -0.4 is 5.73 Å². The monoisotopic (exact) mass is 194 g/mol. The van der Waals surface area contributed by atoms with Crippen molar-refractivity contribution < 1.29 is 5.11 Å². The Labute approximate surface area is 82.7 Å². The van der Waals surface area contributed by atoms with Gasteiger partial charge in [-0.1, -0.05) is 13.8 Å². The first-order valence-corrected chi connectivity index (χ1v) is 4.62. The van der Waals surface area contributed by atoms with Gasteiger partial charge in [0.05, 0.1) is 5.69 Å². The molecular formula is C10H14N2O2. The molecule has 1 rings (SSSR count). The molecule has 0 unspecified atom stereocenters. The SMILES string of the molecule is CCc1c(N=O)cc(O)c(N)c1CC. The van der Waals surface area contributed by atoms with Crippen LogP contribution in [0.15, 0.2) is 11.2 Å². The van der Waals surface area contributed by atoms with E-state index in [1.807, 2.05) is 13.8 Å². The molecule has 0 saturated heterocycles. The van der Waals surface area contributed by atoms with Gasteiger partial charge in [-0.2, -0.15) is 0 Å². The molecule has 1 aromatic rings. The highest BCUT2D eigenvalue weighted by Gasteiger charge is 2.13. The summed E-state index contributed by atoms with van der Waals surface area (Å²) in [6.45, 7) is 3.86. The maximum Gasteiger partial charge on any atom is 0.141 e. The molecule has 0 spiro atoms. The molecule has 14 heavy (non-hydrogen) atoms. The fraction of sp³-hybridized carbons (Fsp3) is 0.400. The topological polar surface area (TPSA) is 75.7 Å². The van der Waals surface area contributed by atoms with Crippen LogP contribution in [-0.4, -0.2) is 5.11 Å². The highest BCUT2D eigenvalue weighted by Crippen LogP contribution is 2.35. The number of nitrogen functional groups attached to an aromatic ring is 1. The summed E-state index contributed by atoms with van der Waals surface area (Å²) in [7, 11) is 0. The van der Waals surface area contributed by atoms with Gasteiger partial charge in [0.2, 0.25) is 0 Å². The fourth-order valence-corrected chi connectivity index (χ4v) is 1.65. The van der Waals surface area contributed by atoms with Crippen molar-refractivity contribution in [1.29, 1.82) is 0 Å². The number of anilines is 1. The van der Waals surface area contributed by atoms with E-state index in [9.17, 15) is 10.0 Å². The van der Waals surface area contributed by atoms with Crippen molar-refractivity contribution in [2.75, 3.05) is 5.73 Å². The van der Waals surface area contributed by atoms with Crippen molar-refractivity contribution in [2.45, 2.75) is 26.7 Å². The van der Waals surface area contributed by atoms with Gasteiger partial charge >= 0.3 is 0 Å². The zero-order valence-electron chi connectivity index (χ0n) is 8.37. The van der Waals surface area contributed by atoms with Crippen LogP contribution in [0.25, 0.3) is 0 Å². The lowest BCUT2D eigenvalue weighted by Gasteiger charge is -2.12. The first-order valence-electron chi connectivity index (χ1n) is 4.62. The summed E-state index contributed by atoms with van der Waals surface area (Å²) in [5.74, 6) is -0.0614. The van der Waals surface area contributed by atoms with Crippen LogP contribution in [-0.2, 0) is 12.8 Å². The van der Waals surface area contributed by atoms with E-state index in [-0.39, 0.29) is 11.4 Å². The molecule has 0 bridgehead atoms. The quantitative estimate of drug-likeness (QED) is 0.441. The van der Waals surface area contributed by atoms with Crippen molar-refractivity contribution in [2.24, 2.45) is 5.18 Å². The molecule has 0 amide bonds. The smallest absolute Gasteiger partial charge is 0.141 e. The van der Waals surface area contributed by atoms with Crippen LogP contribution in [0.2, 0.25) is 0 Å². The third-order valence-electron chi connectivity index (χ3n) is 2.35. The van der Waals surface area contributed by atoms with Gasteiger partial charge in [-0.25, -0.2) is 0 Å². The van der Waals surface area contributed by atoms with Gasteiger partial charge < -0.3 is 10.8 Å². The van der Waals surface area contributed by atoms with Crippen molar-refractivity contribution >= 4 is 11.4 Å². The van der Waals surface area contributed by atoms with E-state index < -0.39 is 0 Å². The summed E-state index contributed by atoms with van der Waals surface area (Å²) >= 11 is 0. The standard InChI is InChI=1S/C10H14N2O2/c1-3-6-7(4-2)10(11)9(13)5-8(6)12-14/h5,13H,3-4,11H2,1-2H3. The molecular weight excluding hydrogens is 180 g/mol. The lowest BCUT2D eigenvalue weighted by Crippen LogP contribution is -1.99. The molecule has 4 nitrogen and oxygen atoms in total. The Morgan fingerprint density at radius 2 is 1.93 bits per heavy atom. The third kappa shape index (κ3) is 1.55. The Morgan fingerprint density at radius 1 is 1.36 bits per heavy atom. The van der Waals surface area contributed by atoms with E-state index in [1.165, 1.54) is 6.07 Å². The Hall–Kier alpha value is -1.58. The number of nitroso groups, excluding NO2 is 1. The Kier molecular flexibility index (Phi) is 3.06. The van der Waals surface area contributed by atoms with Crippen molar-refractivity contribution in [1.82, 2.24) is 0 Å². The van der Waals surface area contributed by atoms with Crippen LogP contribution in [0.4, 0.5) is 11.4 Å². The lowest BCUT2D eigenvalue weighted by molar-refractivity contribution is 0.477. The normalized spacial score (nSPS) is 10.1. The van der Waals surface area contributed by atoms with Crippen LogP contribution in [0.1, 0.15) is 25.0 Å². The Bertz CT molecular complexity index is 362. The van der Waals surface area contributed by atoms with E-state index in [1.54, 1.807) is 0 Å². The third-order valence-corrected chi connectivity index (χ3v) is 2.35. The number of nitrogens with zero attached hydrogens (tertiary/aromatic N) is 1. The van der Waals surface area contributed by atoms with Crippen molar-refractivity contribution in [3.63, 3.8) is 0 Å². The molecule has 0 aliphatic heterocycles. The maximum absolute atomic E-state index is 10.5. The summed E-state index contributed by atoms with van der Waals surface area (Å²) in [6.07, 6.45) is 1.38. The van der Waals surface area contributed by atoms with Gasteiger partial charge in [0.15, 0.2) is 0 Å². The average Bonchev–Trinajstić information content (AvgIpc) is 2.20. The summed E-state index contributed by atoms with van der Waals surface area (Å²) < 4.78 is 0. The highest BCUT2D eigenvalue weighted by atomic mass is 16.3. The van der Waals surface area contributed by atoms with Gasteiger partial charge in [0, 0.05) is 6.07 Å². The van der Waals surface area contributed by atoms with Crippen LogP contribution >= 0.6 is 0 Å². The van der Waals surface area contributed by atoms with Crippen molar-refractivity contribution in [3.05, 3.63) is 22.1 Å². The van der Waals surface area contributed by atoms with E-state index >= 15 is 0 Å². The van der Waals surface area contributed by atoms with Crippen molar-refractivity contribution in [3.8, 4) is 5.75 Å². The number of benzene rings is 1. The lowest BCUT2D eigenvalue weighted by atomic mass is 9.98. The minimum absolute atomic E-state index is 0.0614. The molecule has 0 radical (unpaired) electrons. The minimum atomic E-state index is -0.0614. The van der Waals surface area contributed by atoms with E-state index in [2.05, 4.69) is 5.18 Å². The number of aromatic hydroxyl groups is 1. The molecule has 0 aromatic heterocycles. The second-order valence-electron chi connectivity index (χ2n) is 3.08. The van der Waals surface area contributed by atoms with Gasteiger partial charge in [-0.05, 0) is 29.1 Å². The predicted molar refractivity (Wildman–Crippen MR) is 56.7 cm³/mol. The van der Waals surface area contributed by atoms with Gasteiger partial charge in [-0.3, -0.25) is 0 Å². The molecule has 1 aromatic carbocycles. The zero-order chi connectivity index (χ0) is 10.7. The van der Waals surface area contributed by atoms with Crippen LogP contribution in [0.3, 0.4) is 0 Å². The van der Waals surface area contributed by atoms with E-state index in [0.717, 1.165) is 11.1 Å². The van der Waals surface area contributed by atoms with Crippen LogP contribution in [0.5, 0.6) is 5.75 Å². The predicted octanol–water partition coefficient (Wildman–Crippen LogP) is 2.50. The summed E-state index contributed by atoms with van der Waals surface area (Å²) in [4.78, 5) is 10.5. The highest BCUT2D eigenvalue weighted by molar-refractivity contribution is 5.68. The van der Waals surface area contributed by atoms with Gasteiger partial charge in [0.1, 0.15) is 11.4 Å². The number of hydrogen-bond donors (Lipinski definition) is 2. The summed E-state index contributed by atoms with van der Waals surface area (Å²) in [5.41, 5.74) is 8.00. The first kappa shape index (κ1) is 10.5. The largest absolute Gasteiger partial charge is 0.506 e. The molecule has 0 fully saturated rings. The molecule has 4 heteroatoms. The molecule has 0 aliphatic rings. The zero-order valence-corrected chi connectivity index (χ0v) is 8.37. The Morgan fingerprint density at radius 3 is 2.36 bits per heavy atom. The average molecular weight is 194 g/mol. The molecule has 0 atom stereocenters. The maximum atomic E-state index is 10.5. The van der Waals surface area contributed by atoms with Crippen LogP contribution in [0, 0.1) is 4.91 Å². The van der Waals surface area contributed by atoms with Gasteiger partial charge in [-0.15, -0.1) is 4.91 Å².